The van der Waals surface area contributed by atoms with Gasteiger partial charge in [0.15, 0.2) is 0 Å². The first kappa shape index (κ1) is 12.4. The first-order chi connectivity index (χ1) is 7.65. The Morgan fingerprint density at radius 2 is 2.38 bits per heavy atom. The second kappa shape index (κ2) is 6.02. The van der Waals surface area contributed by atoms with Crippen LogP contribution < -0.4 is 5.32 Å². The monoisotopic (exact) mass is 220 g/mol. The molecule has 1 heterocycles. The average Bonchev–Trinajstić information content (AvgIpc) is 2.29. The number of nitrogens with zero attached hydrogens (tertiary/aromatic N) is 1. The zero-order chi connectivity index (χ0) is 12.0. The molecule has 16 heavy (non-hydrogen) atoms. The van der Waals surface area contributed by atoms with Crippen LogP contribution in [0.25, 0.3) is 0 Å². The van der Waals surface area contributed by atoms with Crippen LogP contribution in [0.3, 0.4) is 0 Å². The molecule has 4 nitrogen and oxygen atoms in total. The largest absolute Gasteiger partial charge is 0.478 e. The highest BCUT2D eigenvalue weighted by molar-refractivity contribution is 5.86. The van der Waals surface area contributed by atoms with Gasteiger partial charge in [-0.1, -0.05) is 19.6 Å². The maximum absolute atomic E-state index is 10.5. The maximum atomic E-state index is 10.5. The van der Waals surface area contributed by atoms with Gasteiger partial charge in [-0.15, -0.1) is 0 Å². The van der Waals surface area contributed by atoms with Gasteiger partial charge in [0, 0.05) is 24.9 Å². The van der Waals surface area contributed by atoms with Gasteiger partial charge in [-0.2, -0.15) is 0 Å². The highest BCUT2D eigenvalue weighted by Gasteiger charge is 2.04. The van der Waals surface area contributed by atoms with E-state index in [0.29, 0.717) is 6.54 Å². The van der Waals surface area contributed by atoms with Crippen LogP contribution in [-0.4, -0.2) is 22.6 Å². The summed E-state index contributed by atoms with van der Waals surface area (Å²) in [5.41, 5.74) is 2.30. The Morgan fingerprint density at radius 1 is 1.62 bits per heavy atom. The summed E-state index contributed by atoms with van der Waals surface area (Å²) in [4.78, 5) is 14.8. The summed E-state index contributed by atoms with van der Waals surface area (Å²) in [5.74, 6) is -0.968. The van der Waals surface area contributed by atoms with E-state index in [9.17, 15) is 4.79 Å². The molecule has 0 spiro atoms. The highest BCUT2D eigenvalue weighted by atomic mass is 16.4. The molecule has 0 unspecified atom stereocenters. The first-order valence-electron chi connectivity index (χ1n) is 5.19. The Balaban J connectivity index is 2.48. The summed E-state index contributed by atoms with van der Waals surface area (Å²) >= 11 is 0. The van der Waals surface area contributed by atoms with E-state index in [4.69, 9.17) is 5.11 Å². The standard InChI is InChI=1S/C12H16N2O2/c1-3-10-5-4-6-14-11(10)8-13-7-9(2)12(15)16/h4-6,13H,2-3,7-8H2,1H3,(H,15,16). The minimum atomic E-state index is -0.968. The molecule has 86 valence electrons. The van der Waals surface area contributed by atoms with Crippen molar-refractivity contribution in [1.29, 1.82) is 0 Å². The van der Waals surface area contributed by atoms with Crippen LogP contribution in [0.5, 0.6) is 0 Å². The van der Waals surface area contributed by atoms with Gasteiger partial charge in [-0.3, -0.25) is 4.98 Å². The van der Waals surface area contributed by atoms with Crippen LogP contribution >= 0.6 is 0 Å². The smallest absolute Gasteiger partial charge is 0.332 e. The van der Waals surface area contributed by atoms with Gasteiger partial charge in [-0.05, 0) is 18.1 Å². The summed E-state index contributed by atoms with van der Waals surface area (Å²) in [6.45, 7) is 6.35. The number of carboxylic acid groups (broad SMARTS) is 1. The minimum Gasteiger partial charge on any atom is -0.478 e. The number of rotatable bonds is 6. The van der Waals surface area contributed by atoms with Crippen LogP contribution in [0.1, 0.15) is 18.2 Å². The normalized spacial score (nSPS) is 10.1. The predicted octanol–water partition coefficient (Wildman–Crippen LogP) is 1.37. The average molecular weight is 220 g/mol. The summed E-state index contributed by atoms with van der Waals surface area (Å²) in [7, 11) is 0. The fourth-order valence-corrected chi connectivity index (χ4v) is 1.36. The number of aliphatic carboxylic acids is 1. The van der Waals surface area contributed by atoms with E-state index >= 15 is 0 Å². The molecule has 0 radical (unpaired) electrons. The molecule has 1 aromatic heterocycles. The molecule has 0 aliphatic rings. The van der Waals surface area contributed by atoms with Gasteiger partial charge in [0.25, 0.3) is 0 Å². The van der Waals surface area contributed by atoms with Crippen molar-refractivity contribution in [1.82, 2.24) is 10.3 Å². The molecule has 0 atom stereocenters. The van der Waals surface area contributed by atoms with Gasteiger partial charge in [-0.25, -0.2) is 4.79 Å². The summed E-state index contributed by atoms with van der Waals surface area (Å²) in [5, 5.41) is 11.6. The zero-order valence-corrected chi connectivity index (χ0v) is 9.36. The Bertz CT molecular complexity index is 388. The van der Waals surface area contributed by atoms with Crippen molar-refractivity contribution in [3.8, 4) is 0 Å². The van der Waals surface area contributed by atoms with Crippen LogP contribution in [0, 0.1) is 0 Å². The Morgan fingerprint density at radius 3 is 3.00 bits per heavy atom. The third kappa shape index (κ3) is 3.47. The number of pyridine rings is 1. The third-order valence-electron chi connectivity index (χ3n) is 2.30. The van der Waals surface area contributed by atoms with Gasteiger partial charge < -0.3 is 10.4 Å². The van der Waals surface area contributed by atoms with Crippen LogP contribution in [-0.2, 0) is 17.8 Å². The molecule has 0 aliphatic carbocycles. The van der Waals surface area contributed by atoms with E-state index < -0.39 is 5.97 Å². The van der Waals surface area contributed by atoms with Crippen molar-refractivity contribution in [3.05, 3.63) is 41.7 Å². The zero-order valence-electron chi connectivity index (χ0n) is 9.36. The molecular formula is C12H16N2O2. The molecule has 2 N–H and O–H groups in total. The summed E-state index contributed by atoms with van der Waals surface area (Å²) in [6.07, 6.45) is 2.66. The second-order valence-electron chi connectivity index (χ2n) is 3.48. The Hall–Kier alpha value is -1.68. The van der Waals surface area contributed by atoms with Crippen molar-refractivity contribution in [2.75, 3.05) is 6.54 Å². The molecular weight excluding hydrogens is 204 g/mol. The number of aryl methyl sites for hydroxylation is 1. The van der Waals surface area contributed by atoms with Crippen LogP contribution in [0.4, 0.5) is 0 Å². The topological polar surface area (TPSA) is 62.2 Å². The number of aromatic nitrogens is 1. The highest BCUT2D eigenvalue weighted by Crippen LogP contribution is 2.05. The molecule has 4 heteroatoms. The fourth-order valence-electron chi connectivity index (χ4n) is 1.36. The van der Waals surface area contributed by atoms with Crippen molar-refractivity contribution in [2.24, 2.45) is 0 Å². The Labute approximate surface area is 95.0 Å². The van der Waals surface area contributed by atoms with E-state index in [1.165, 1.54) is 5.56 Å². The lowest BCUT2D eigenvalue weighted by Gasteiger charge is -2.07. The van der Waals surface area contributed by atoms with E-state index in [1.807, 2.05) is 12.1 Å². The molecule has 0 aromatic carbocycles. The second-order valence-corrected chi connectivity index (χ2v) is 3.48. The predicted molar refractivity (Wildman–Crippen MR) is 62.1 cm³/mol. The summed E-state index contributed by atoms with van der Waals surface area (Å²) < 4.78 is 0. The SMILES string of the molecule is C=C(CNCc1ncccc1CC)C(=O)O. The number of carboxylic acids is 1. The van der Waals surface area contributed by atoms with Gasteiger partial charge >= 0.3 is 5.97 Å². The number of hydrogen-bond acceptors (Lipinski definition) is 3. The molecule has 1 rings (SSSR count). The molecule has 1 aromatic rings. The Kier molecular flexibility index (Phi) is 4.66. The number of nitrogens with one attached hydrogen (secondary N) is 1. The molecule has 0 fully saturated rings. The lowest BCUT2D eigenvalue weighted by molar-refractivity contribution is -0.132. The molecule has 0 amide bonds. The van der Waals surface area contributed by atoms with Gasteiger partial charge in [0.05, 0.1) is 5.69 Å². The van der Waals surface area contributed by atoms with Crippen LogP contribution in [0.2, 0.25) is 0 Å². The lowest BCUT2D eigenvalue weighted by atomic mass is 10.1. The minimum absolute atomic E-state index is 0.161. The van der Waals surface area contributed by atoms with Gasteiger partial charge in [0.1, 0.15) is 0 Å². The van der Waals surface area contributed by atoms with Crippen molar-refractivity contribution in [3.63, 3.8) is 0 Å². The lowest BCUT2D eigenvalue weighted by Crippen LogP contribution is -2.21. The first-order valence-corrected chi connectivity index (χ1v) is 5.19. The molecule has 0 saturated heterocycles. The maximum Gasteiger partial charge on any atom is 0.332 e. The van der Waals surface area contributed by atoms with Crippen molar-refractivity contribution < 1.29 is 9.90 Å². The molecule has 0 aliphatic heterocycles. The van der Waals surface area contributed by atoms with Crippen molar-refractivity contribution in [2.45, 2.75) is 19.9 Å². The van der Waals surface area contributed by atoms with Crippen LogP contribution in [0.15, 0.2) is 30.5 Å². The van der Waals surface area contributed by atoms with Crippen molar-refractivity contribution >= 4 is 5.97 Å². The fraction of sp³-hybridized carbons (Fsp3) is 0.333. The number of carbonyl (C=O) groups is 1. The summed E-state index contributed by atoms with van der Waals surface area (Å²) in [6, 6.07) is 3.93. The third-order valence-corrected chi connectivity index (χ3v) is 2.30. The molecule has 0 saturated carbocycles. The van der Waals surface area contributed by atoms with E-state index in [0.717, 1.165) is 12.1 Å². The van der Waals surface area contributed by atoms with E-state index in [-0.39, 0.29) is 12.1 Å². The van der Waals surface area contributed by atoms with E-state index in [1.54, 1.807) is 6.20 Å². The van der Waals surface area contributed by atoms with Gasteiger partial charge in [0.2, 0.25) is 0 Å². The number of hydrogen-bond donors (Lipinski definition) is 2. The van der Waals surface area contributed by atoms with E-state index in [2.05, 4.69) is 23.8 Å². The molecule has 0 bridgehead atoms. The quantitative estimate of drug-likeness (QED) is 0.711.